The van der Waals surface area contributed by atoms with Crippen molar-refractivity contribution in [3.63, 3.8) is 0 Å². The Morgan fingerprint density at radius 3 is 2.12 bits per heavy atom. The fraction of sp³-hybridized carbons (Fsp3) is 0. The molecule has 0 unspecified atom stereocenters. The minimum atomic E-state index is 0.0759. The van der Waals surface area contributed by atoms with E-state index in [9.17, 15) is 0 Å². The minimum absolute atomic E-state index is 0.0759. The summed E-state index contributed by atoms with van der Waals surface area (Å²) >= 11 is 0. The van der Waals surface area contributed by atoms with Crippen LogP contribution in [0, 0.1) is 0 Å². The molecule has 0 fully saturated rings. The van der Waals surface area contributed by atoms with Crippen molar-refractivity contribution in [1.82, 2.24) is 9.97 Å². The predicted molar refractivity (Wildman–Crippen MR) is 126 cm³/mol. The highest BCUT2D eigenvalue weighted by molar-refractivity contribution is 6.17. The van der Waals surface area contributed by atoms with E-state index in [2.05, 4.69) is 40.3 Å². The Bertz CT molecular complexity index is 1600. The van der Waals surface area contributed by atoms with Crippen LogP contribution in [0.4, 0.5) is 0 Å². The van der Waals surface area contributed by atoms with E-state index < -0.39 is 0 Å². The molecule has 2 aromatic heterocycles. The van der Waals surface area contributed by atoms with E-state index in [4.69, 9.17) is 14.1 Å². The van der Waals surface area contributed by atoms with Gasteiger partial charge < -0.3 is 14.1 Å². The first-order valence-electron chi connectivity index (χ1n) is 10.2. The molecule has 32 heavy (non-hydrogen) atoms. The van der Waals surface area contributed by atoms with Gasteiger partial charge in [-0.2, -0.15) is 9.97 Å². The maximum absolute atomic E-state index is 9.12. The summed E-state index contributed by atoms with van der Waals surface area (Å²) in [4.78, 5) is 8.90. The molecule has 0 saturated heterocycles. The summed E-state index contributed by atoms with van der Waals surface area (Å²) in [6, 6.07) is 30.2. The summed E-state index contributed by atoms with van der Waals surface area (Å²) in [5.41, 5.74) is 4.89. The Labute approximate surface area is 184 Å². The first-order chi connectivity index (χ1) is 15.8. The van der Waals surface area contributed by atoms with Gasteiger partial charge in [-0.3, -0.25) is 0 Å². The number of furan rings is 1. The highest BCUT2D eigenvalue weighted by Crippen LogP contribution is 2.35. The molecular weight excluding hydrogens is 399 g/mol. The number of nitrogens with zero attached hydrogens (tertiary/aromatic N) is 2. The van der Waals surface area contributed by atoms with E-state index in [0.717, 1.165) is 43.8 Å². The van der Waals surface area contributed by atoms with Gasteiger partial charge in [0.25, 0.3) is 0 Å². The topological polar surface area (TPSA) is 68.4 Å². The molecule has 1 N–H and O–H groups in total. The molecule has 0 atom stereocenters. The Balaban J connectivity index is 1.54. The van der Waals surface area contributed by atoms with Crippen LogP contribution in [0.15, 0.2) is 95.4 Å². The molecule has 6 aromatic rings. The molecule has 4 aromatic carbocycles. The van der Waals surface area contributed by atoms with Crippen LogP contribution < -0.4 is 4.65 Å². The molecule has 2 heterocycles. The van der Waals surface area contributed by atoms with Crippen LogP contribution in [0.3, 0.4) is 0 Å². The number of hydrogen-bond donors (Lipinski definition) is 1. The Morgan fingerprint density at radius 1 is 0.656 bits per heavy atom. The fourth-order valence-electron chi connectivity index (χ4n) is 4.05. The van der Waals surface area contributed by atoms with Crippen LogP contribution in [0.1, 0.15) is 0 Å². The van der Waals surface area contributed by atoms with Gasteiger partial charge in [0.2, 0.25) is 0 Å². The summed E-state index contributed by atoms with van der Waals surface area (Å²) in [6.45, 7) is 0. The lowest BCUT2D eigenvalue weighted by Gasteiger charge is -2.08. The molecule has 5 nitrogen and oxygen atoms in total. The normalized spacial score (nSPS) is 11.3. The second kappa shape index (κ2) is 7.52. The van der Waals surface area contributed by atoms with E-state index in [0.29, 0.717) is 19.1 Å². The average molecular weight is 415 g/mol. The maximum atomic E-state index is 9.12. The SMILES string of the molecule is O[B]Oc1nc(-c2ccccc2)cc(-c2ccc3oc4cc5ccccc5cc4c3c2)n1. The lowest BCUT2D eigenvalue weighted by molar-refractivity contribution is 0.431. The van der Waals surface area contributed by atoms with E-state index >= 15 is 0 Å². The molecule has 6 heteroatoms. The zero-order valence-corrected chi connectivity index (χ0v) is 16.9. The summed E-state index contributed by atoms with van der Waals surface area (Å²) in [5.74, 6) is 0. The Kier molecular flexibility index (Phi) is 4.37. The molecule has 6 rings (SSSR count). The largest absolute Gasteiger partial charge is 0.571 e. The van der Waals surface area contributed by atoms with E-state index in [1.165, 1.54) is 0 Å². The van der Waals surface area contributed by atoms with Gasteiger partial charge >= 0.3 is 13.7 Å². The lowest BCUT2D eigenvalue weighted by atomic mass is 10.0. The third kappa shape index (κ3) is 3.18. The molecule has 0 bridgehead atoms. The molecule has 0 spiro atoms. The fourth-order valence-corrected chi connectivity index (χ4v) is 4.05. The van der Waals surface area contributed by atoms with Gasteiger partial charge in [-0.15, -0.1) is 0 Å². The van der Waals surface area contributed by atoms with Gasteiger partial charge in [0, 0.05) is 21.9 Å². The van der Waals surface area contributed by atoms with Crippen LogP contribution in [-0.4, -0.2) is 22.7 Å². The maximum Gasteiger partial charge on any atom is 0.571 e. The highest BCUT2D eigenvalue weighted by atomic mass is 16.5. The van der Waals surface area contributed by atoms with Crippen molar-refractivity contribution in [2.24, 2.45) is 0 Å². The summed E-state index contributed by atoms with van der Waals surface area (Å²) in [7, 11) is 0.589. The van der Waals surface area contributed by atoms with Crippen LogP contribution in [0.2, 0.25) is 0 Å². The van der Waals surface area contributed by atoms with Gasteiger partial charge in [-0.25, -0.2) is 0 Å². The molecule has 0 aliphatic carbocycles. The number of fused-ring (bicyclic) bond motifs is 4. The van der Waals surface area contributed by atoms with Gasteiger partial charge in [-0.1, -0.05) is 54.6 Å². The van der Waals surface area contributed by atoms with Crippen molar-refractivity contribution in [2.75, 3.05) is 0 Å². The number of benzene rings is 4. The van der Waals surface area contributed by atoms with Crippen LogP contribution in [0.5, 0.6) is 6.01 Å². The van der Waals surface area contributed by atoms with Crippen LogP contribution in [-0.2, 0) is 0 Å². The van der Waals surface area contributed by atoms with Gasteiger partial charge in [0.15, 0.2) is 0 Å². The van der Waals surface area contributed by atoms with E-state index in [-0.39, 0.29) is 6.01 Å². The minimum Gasteiger partial charge on any atom is -0.509 e. The van der Waals surface area contributed by atoms with Crippen molar-refractivity contribution in [3.8, 4) is 28.5 Å². The Morgan fingerprint density at radius 2 is 1.34 bits per heavy atom. The Hall–Kier alpha value is -4.16. The zero-order chi connectivity index (χ0) is 21.5. The van der Waals surface area contributed by atoms with Crippen molar-refractivity contribution in [3.05, 3.63) is 91.0 Å². The standard InChI is InChI=1S/C26H16BN2O3/c30-27-32-26-28-22(16-6-2-1-3-7-16)15-23(29-26)19-10-11-24-20(13-19)21-12-17-8-4-5-9-18(17)14-25(21)31-24/h1-15,30H. The van der Waals surface area contributed by atoms with E-state index in [1.807, 2.05) is 60.7 Å². The van der Waals surface area contributed by atoms with Crippen molar-refractivity contribution >= 4 is 40.4 Å². The molecular formula is C26H16BN2O3. The summed E-state index contributed by atoms with van der Waals surface area (Å²) < 4.78 is 11.2. The smallest absolute Gasteiger partial charge is 0.509 e. The second-order valence-electron chi connectivity index (χ2n) is 7.52. The summed E-state index contributed by atoms with van der Waals surface area (Å²) in [5, 5.41) is 13.5. The predicted octanol–water partition coefficient (Wildman–Crippen LogP) is 5.77. The monoisotopic (exact) mass is 415 g/mol. The second-order valence-corrected chi connectivity index (χ2v) is 7.52. The molecule has 0 aliphatic rings. The van der Waals surface area contributed by atoms with E-state index in [1.54, 1.807) is 0 Å². The molecule has 0 aliphatic heterocycles. The quantitative estimate of drug-likeness (QED) is 0.371. The molecule has 0 amide bonds. The third-order valence-corrected chi connectivity index (χ3v) is 5.57. The van der Waals surface area contributed by atoms with Crippen LogP contribution in [0.25, 0.3) is 55.2 Å². The zero-order valence-electron chi connectivity index (χ0n) is 16.9. The summed E-state index contributed by atoms with van der Waals surface area (Å²) in [6.07, 6.45) is 0. The van der Waals surface area contributed by atoms with Crippen LogP contribution >= 0.6 is 0 Å². The molecule has 151 valence electrons. The number of hydrogen-bond acceptors (Lipinski definition) is 5. The molecule has 1 radical (unpaired) electrons. The first-order valence-corrected chi connectivity index (χ1v) is 10.2. The van der Waals surface area contributed by atoms with Crippen molar-refractivity contribution in [1.29, 1.82) is 0 Å². The average Bonchev–Trinajstić information content (AvgIpc) is 3.20. The van der Waals surface area contributed by atoms with Gasteiger partial charge in [0.1, 0.15) is 11.2 Å². The lowest BCUT2D eigenvalue weighted by Crippen LogP contribution is -2.05. The molecule has 0 saturated carbocycles. The number of rotatable bonds is 4. The number of aromatic nitrogens is 2. The van der Waals surface area contributed by atoms with Gasteiger partial charge in [-0.05, 0) is 47.2 Å². The third-order valence-electron chi connectivity index (χ3n) is 5.57. The highest BCUT2D eigenvalue weighted by Gasteiger charge is 2.13. The van der Waals surface area contributed by atoms with Crippen molar-refractivity contribution < 1.29 is 14.1 Å². The van der Waals surface area contributed by atoms with Crippen molar-refractivity contribution in [2.45, 2.75) is 0 Å². The first kappa shape index (κ1) is 18.6. The van der Waals surface area contributed by atoms with Gasteiger partial charge in [0.05, 0.1) is 11.4 Å².